The Kier molecular flexibility index (Phi) is 2.77. The van der Waals surface area contributed by atoms with Crippen LogP contribution in [0.4, 0.5) is 0 Å². The lowest BCUT2D eigenvalue weighted by Gasteiger charge is -2.06. The molecular formula is C13H13I. The summed E-state index contributed by atoms with van der Waals surface area (Å²) in [7, 11) is 0. The summed E-state index contributed by atoms with van der Waals surface area (Å²) in [5.74, 6) is 0.610. The van der Waals surface area contributed by atoms with Gasteiger partial charge in [-0.1, -0.05) is 38.1 Å². The van der Waals surface area contributed by atoms with E-state index in [4.69, 9.17) is 0 Å². The number of fused-ring (bicyclic) bond motifs is 1. The lowest BCUT2D eigenvalue weighted by atomic mass is 9.99. The maximum absolute atomic E-state index is 2.35. The predicted octanol–water partition coefficient (Wildman–Crippen LogP) is 4.57. The van der Waals surface area contributed by atoms with E-state index in [9.17, 15) is 0 Å². The maximum Gasteiger partial charge on any atom is 0.0136 e. The van der Waals surface area contributed by atoms with Crippen LogP contribution in [0, 0.1) is 3.57 Å². The van der Waals surface area contributed by atoms with Gasteiger partial charge in [-0.15, -0.1) is 0 Å². The van der Waals surface area contributed by atoms with Gasteiger partial charge in [0, 0.05) is 3.57 Å². The summed E-state index contributed by atoms with van der Waals surface area (Å²) >= 11 is 2.35. The molecule has 0 bridgehead atoms. The van der Waals surface area contributed by atoms with Gasteiger partial charge < -0.3 is 0 Å². The van der Waals surface area contributed by atoms with E-state index in [0.717, 1.165) is 0 Å². The molecule has 0 radical (unpaired) electrons. The third-order valence-electron chi connectivity index (χ3n) is 2.49. The molecule has 0 unspecified atom stereocenters. The average Bonchev–Trinajstić information content (AvgIpc) is 2.16. The highest BCUT2D eigenvalue weighted by molar-refractivity contribution is 14.1. The first-order valence-corrected chi connectivity index (χ1v) is 5.94. The summed E-state index contributed by atoms with van der Waals surface area (Å²) < 4.78 is 1.30. The van der Waals surface area contributed by atoms with Crippen molar-refractivity contribution in [3.8, 4) is 0 Å². The highest BCUT2D eigenvalue weighted by Gasteiger charge is 2.00. The van der Waals surface area contributed by atoms with Crippen LogP contribution in [0.3, 0.4) is 0 Å². The molecule has 0 saturated heterocycles. The van der Waals surface area contributed by atoms with Crippen molar-refractivity contribution >= 4 is 33.4 Å². The van der Waals surface area contributed by atoms with E-state index < -0.39 is 0 Å². The van der Waals surface area contributed by atoms with Gasteiger partial charge in [-0.05, 0) is 57.0 Å². The molecule has 0 aliphatic heterocycles. The van der Waals surface area contributed by atoms with Gasteiger partial charge in [-0.25, -0.2) is 0 Å². The monoisotopic (exact) mass is 296 g/mol. The SMILES string of the molecule is CC(C)c1ccc2cc(I)ccc2c1. The van der Waals surface area contributed by atoms with Crippen LogP contribution in [-0.2, 0) is 0 Å². The second kappa shape index (κ2) is 3.89. The van der Waals surface area contributed by atoms with Gasteiger partial charge in [0.1, 0.15) is 0 Å². The topological polar surface area (TPSA) is 0 Å². The van der Waals surface area contributed by atoms with Gasteiger partial charge in [0.05, 0.1) is 0 Å². The molecule has 0 fully saturated rings. The number of hydrogen-bond donors (Lipinski definition) is 0. The first-order chi connectivity index (χ1) is 6.66. The Morgan fingerprint density at radius 1 is 0.929 bits per heavy atom. The number of rotatable bonds is 1. The smallest absolute Gasteiger partial charge is 0.0136 e. The second-order valence-electron chi connectivity index (χ2n) is 3.91. The minimum absolute atomic E-state index is 0.610. The Balaban J connectivity index is 2.62. The van der Waals surface area contributed by atoms with E-state index in [0.29, 0.717) is 5.92 Å². The fourth-order valence-corrected chi connectivity index (χ4v) is 2.11. The molecule has 0 atom stereocenters. The van der Waals surface area contributed by atoms with Crippen LogP contribution in [0.5, 0.6) is 0 Å². The van der Waals surface area contributed by atoms with Crippen LogP contribution < -0.4 is 0 Å². The number of hydrogen-bond acceptors (Lipinski definition) is 0. The molecule has 2 aromatic carbocycles. The van der Waals surface area contributed by atoms with Gasteiger partial charge in [-0.3, -0.25) is 0 Å². The van der Waals surface area contributed by atoms with E-state index >= 15 is 0 Å². The summed E-state index contributed by atoms with van der Waals surface area (Å²) in [5, 5.41) is 2.68. The minimum atomic E-state index is 0.610. The summed E-state index contributed by atoms with van der Waals surface area (Å²) in [6.07, 6.45) is 0. The zero-order chi connectivity index (χ0) is 10.1. The molecule has 0 aliphatic carbocycles. The summed E-state index contributed by atoms with van der Waals surface area (Å²) in [6, 6.07) is 13.3. The fraction of sp³-hybridized carbons (Fsp3) is 0.231. The first kappa shape index (κ1) is 9.97. The normalized spacial score (nSPS) is 11.1. The Morgan fingerprint density at radius 2 is 1.57 bits per heavy atom. The zero-order valence-electron chi connectivity index (χ0n) is 8.42. The Hall–Kier alpha value is -0.570. The van der Waals surface area contributed by atoms with Crippen molar-refractivity contribution < 1.29 is 0 Å². The van der Waals surface area contributed by atoms with Crippen LogP contribution >= 0.6 is 22.6 Å². The molecule has 0 aromatic heterocycles. The van der Waals surface area contributed by atoms with E-state index in [1.54, 1.807) is 0 Å². The van der Waals surface area contributed by atoms with Gasteiger partial charge >= 0.3 is 0 Å². The zero-order valence-corrected chi connectivity index (χ0v) is 10.6. The maximum atomic E-state index is 2.35. The lowest BCUT2D eigenvalue weighted by Crippen LogP contribution is -1.86. The van der Waals surface area contributed by atoms with E-state index in [1.807, 2.05) is 0 Å². The third kappa shape index (κ3) is 1.92. The van der Waals surface area contributed by atoms with Crippen molar-refractivity contribution in [2.24, 2.45) is 0 Å². The van der Waals surface area contributed by atoms with Crippen molar-refractivity contribution in [2.45, 2.75) is 19.8 Å². The number of benzene rings is 2. The highest BCUT2D eigenvalue weighted by atomic mass is 127. The molecule has 2 rings (SSSR count). The fourth-order valence-electron chi connectivity index (χ4n) is 1.59. The Bertz CT molecular complexity index is 458. The molecule has 14 heavy (non-hydrogen) atoms. The summed E-state index contributed by atoms with van der Waals surface area (Å²) in [6.45, 7) is 4.46. The highest BCUT2D eigenvalue weighted by Crippen LogP contribution is 2.22. The van der Waals surface area contributed by atoms with E-state index in [-0.39, 0.29) is 0 Å². The first-order valence-electron chi connectivity index (χ1n) is 4.86. The van der Waals surface area contributed by atoms with Gasteiger partial charge in [0.25, 0.3) is 0 Å². The largest absolute Gasteiger partial charge is 0.0587 e. The molecule has 2 aromatic rings. The molecule has 0 aliphatic rings. The van der Waals surface area contributed by atoms with Gasteiger partial charge in [0.15, 0.2) is 0 Å². The van der Waals surface area contributed by atoms with Crippen LogP contribution in [0.1, 0.15) is 25.3 Å². The van der Waals surface area contributed by atoms with Crippen LogP contribution in [0.2, 0.25) is 0 Å². The quantitative estimate of drug-likeness (QED) is 0.676. The van der Waals surface area contributed by atoms with Crippen molar-refractivity contribution in [1.29, 1.82) is 0 Å². The molecule has 0 nitrogen and oxygen atoms in total. The Labute approximate surface area is 98.5 Å². The third-order valence-corrected chi connectivity index (χ3v) is 3.16. The van der Waals surface area contributed by atoms with Gasteiger partial charge in [-0.2, -0.15) is 0 Å². The standard InChI is InChI=1S/C13H13I/c1-9(2)10-3-4-12-8-13(14)6-5-11(12)7-10/h3-9H,1-2H3. The average molecular weight is 296 g/mol. The molecule has 72 valence electrons. The lowest BCUT2D eigenvalue weighted by molar-refractivity contribution is 0.869. The van der Waals surface area contributed by atoms with E-state index in [1.165, 1.54) is 19.9 Å². The van der Waals surface area contributed by atoms with Crippen molar-refractivity contribution in [1.82, 2.24) is 0 Å². The minimum Gasteiger partial charge on any atom is -0.0587 e. The van der Waals surface area contributed by atoms with E-state index in [2.05, 4.69) is 72.8 Å². The van der Waals surface area contributed by atoms with Crippen LogP contribution in [0.25, 0.3) is 10.8 Å². The molecule has 0 heterocycles. The summed E-state index contributed by atoms with van der Waals surface area (Å²) in [4.78, 5) is 0. The predicted molar refractivity (Wildman–Crippen MR) is 70.8 cm³/mol. The molecule has 0 amide bonds. The van der Waals surface area contributed by atoms with Gasteiger partial charge in [0.2, 0.25) is 0 Å². The molecule has 0 saturated carbocycles. The van der Waals surface area contributed by atoms with Crippen molar-refractivity contribution in [2.75, 3.05) is 0 Å². The van der Waals surface area contributed by atoms with Crippen LogP contribution in [0.15, 0.2) is 36.4 Å². The van der Waals surface area contributed by atoms with Crippen molar-refractivity contribution in [3.05, 3.63) is 45.5 Å². The number of halogens is 1. The molecule has 0 spiro atoms. The van der Waals surface area contributed by atoms with Crippen molar-refractivity contribution in [3.63, 3.8) is 0 Å². The second-order valence-corrected chi connectivity index (χ2v) is 5.15. The summed E-state index contributed by atoms with van der Waals surface area (Å²) in [5.41, 5.74) is 1.42. The molecule has 1 heteroatoms. The molecule has 0 N–H and O–H groups in total. The molecular weight excluding hydrogens is 283 g/mol. The Morgan fingerprint density at radius 3 is 2.29 bits per heavy atom. The van der Waals surface area contributed by atoms with Crippen LogP contribution in [-0.4, -0.2) is 0 Å².